The van der Waals surface area contributed by atoms with Crippen LogP contribution in [0, 0.1) is 12.8 Å². The molecule has 1 unspecified atom stereocenters. The lowest BCUT2D eigenvalue weighted by atomic mass is 9.98. The summed E-state index contributed by atoms with van der Waals surface area (Å²) in [7, 11) is 0. The zero-order chi connectivity index (χ0) is 13.0. The zero-order valence-corrected chi connectivity index (χ0v) is 12.6. The Balaban J connectivity index is 1.90. The molecule has 1 aliphatic rings. The topological polar surface area (TPSA) is 28.2 Å². The molecule has 1 aliphatic heterocycles. The molecule has 0 amide bonds. The van der Waals surface area contributed by atoms with Gasteiger partial charge in [-0.15, -0.1) is 11.3 Å². The van der Waals surface area contributed by atoms with Crippen LogP contribution in [0.2, 0.25) is 0 Å². The van der Waals surface area contributed by atoms with Crippen LogP contribution in [0.25, 0.3) is 0 Å². The summed E-state index contributed by atoms with van der Waals surface area (Å²) in [5.41, 5.74) is 1.23. The molecule has 0 aromatic carbocycles. The van der Waals surface area contributed by atoms with Crippen molar-refractivity contribution in [3.05, 3.63) is 16.1 Å². The maximum Gasteiger partial charge on any atom is 0.0897 e. The van der Waals surface area contributed by atoms with Crippen LogP contribution >= 0.6 is 11.3 Å². The Labute approximate surface area is 115 Å². The molecule has 0 saturated carbocycles. The summed E-state index contributed by atoms with van der Waals surface area (Å²) in [5, 5.41) is 6.88. The number of thiazole rings is 1. The van der Waals surface area contributed by atoms with Gasteiger partial charge in [-0.25, -0.2) is 4.98 Å². The normalized spacial score (nSPS) is 20.8. The van der Waals surface area contributed by atoms with Gasteiger partial charge in [0.25, 0.3) is 0 Å². The van der Waals surface area contributed by atoms with Gasteiger partial charge in [0.15, 0.2) is 0 Å². The number of hydrogen-bond acceptors (Lipinski definition) is 4. The molecule has 1 atom stereocenters. The van der Waals surface area contributed by atoms with Gasteiger partial charge in [-0.1, -0.05) is 0 Å². The van der Waals surface area contributed by atoms with Crippen molar-refractivity contribution in [2.45, 2.75) is 46.2 Å². The van der Waals surface area contributed by atoms with Gasteiger partial charge >= 0.3 is 0 Å². The van der Waals surface area contributed by atoms with E-state index in [1.54, 1.807) is 11.3 Å². The van der Waals surface area contributed by atoms with Gasteiger partial charge in [0.2, 0.25) is 0 Å². The molecule has 3 nitrogen and oxygen atoms in total. The van der Waals surface area contributed by atoms with Crippen molar-refractivity contribution in [2.75, 3.05) is 19.6 Å². The van der Waals surface area contributed by atoms with E-state index in [-0.39, 0.29) is 0 Å². The van der Waals surface area contributed by atoms with Crippen molar-refractivity contribution in [2.24, 2.45) is 5.92 Å². The molecule has 1 saturated heterocycles. The minimum atomic E-state index is 0.592. The molecule has 0 spiro atoms. The molecular formula is C14H25N3S. The van der Waals surface area contributed by atoms with Crippen molar-refractivity contribution in [3.63, 3.8) is 0 Å². The van der Waals surface area contributed by atoms with E-state index in [2.05, 4.69) is 41.4 Å². The Morgan fingerprint density at radius 1 is 1.56 bits per heavy atom. The number of nitrogens with zero attached hydrogens (tertiary/aromatic N) is 2. The van der Waals surface area contributed by atoms with Crippen LogP contribution in [0.15, 0.2) is 5.38 Å². The highest BCUT2D eigenvalue weighted by Crippen LogP contribution is 2.17. The first-order valence-corrected chi connectivity index (χ1v) is 7.89. The lowest BCUT2D eigenvalue weighted by molar-refractivity contribution is 0.162. The average molecular weight is 267 g/mol. The Bertz CT molecular complexity index is 356. The highest BCUT2D eigenvalue weighted by molar-refractivity contribution is 7.09. The van der Waals surface area contributed by atoms with E-state index >= 15 is 0 Å². The van der Waals surface area contributed by atoms with Crippen molar-refractivity contribution in [1.82, 2.24) is 15.2 Å². The molecule has 1 aromatic heterocycles. The van der Waals surface area contributed by atoms with Gasteiger partial charge in [-0.3, -0.25) is 4.90 Å². The Kier molecular flexibility index (Phi) is 5.15. The Hall–Kier alpha value is -0.450. The van der Waals surface area contributed by atoms with Gasteiger partial charge in [0.05, 0.1) is 10.7 Å². The van der Waals surface area contributed by atoms with Crippen LogP contribution in [0.3, 0.4) is 0 Å². The Morgan fingerprint density at radius 2 is 2.39 bits per heavy atom. The van der Waals surface area contributed by atoms with Crippen LogP contribution in [-0.2, 0) is 6.54 Å². The van der Waals surface area contributed by atoms with E-state index in [9.17, 15) is 0 Å². The van der Waals surface area contributed by atoms with Crippen molar-refractivity contribution >= 4 is 11.3 Å². The lowest BCUT2D eigenvalue weighted by Crippen LogP contribution is -2.40. The molecule has 102 valence electrons. The third-order valence-corrected chi connectivity index (χ3v) is 4.48. The first-order valence-electron chi connectivity index (χ1n) is 7.01. The summed E-state index contributed by atoms with van der Waals surface area (Å²) in [6.07, 6.45) is 2.69. The molecule has 0 aliphatic carbocycles. The minimum absolute atomic E-state index is 0.592. The molecule has 1 N–H and O–H groups in total. The SMILES string of the molecule is Cc1nc(CN(CC2CCCNC2)C(C)C)cs1. The first-order chi connectivity index (χ1) is 8.65. The third kappa shape index (κ3) is 4.04. The van der Waals surface area contributed by atoms with Crippen molar-refractivity contribution in [3.8, 4) is 0 Å². The highest BCUT2D eigenvalue weighted by Gasteiger charge is 2.19. The summed E-state index contributed by atoms with van der Waals surface area (Å²) in [4.78, 5) is 7.15. The number of aromatic nitrogens is 1. The lowest BCUT2D eigenvalue weighted by Gasteiger charge is -2.32. The van der Waals surface area contributed by atoms with E-state index in [4.69, 9.17) is 0 Å². The summed E-state index contributed by atoms with van der Waals surface area (Å²) in [6.45, 7) is 11.2. The van der Waals surface area contributed by atoms with Crippen molar-refractivity contribution < 1.29 is 0 Å². The van der Waals surface area contributed by atoms with Crippen molar-refractivity contribution in [1.29, 1.82) is 0 Å². The second-order valence-corrected chi connectivity index (χ2v) is 6.66. The maximum absolute atomic E-state index is 4.59. The third-order valence-electron chi connectivity index (χ3n) is 3.65. The molecule has 2 heterocycles. The zero-order valence-electron chi connectivity index (χ0n) is 11.8. The number of nitrogens with one attached hydrogen (secondary N) is 1. The average Bonchev–Trinajstić information content (AvgIpc) is 2.75. The first kappa shape index (κ1) is 14.0. The van der Waals surface area contributed by atoms with Crippen LogP contribution in [0.5, 0.6) is 0 Å². The van der Waals surface area contributed by atoms with Crippen LogP contribution in [0.1, 0.15) is 37.4 Å². The molecule has 18 heavy (non-hydrogen) atoms. The van der Waals surface area contributed by atoms with Crippen LogP contribution in [-0.4, -0.2) is 35.6 Å². The molecule has 0 radical (unpaired) electrons. The largest absolute Gasteiger partial charge is 0.316 e. The fourth-order valence-corrected chi connectivity index (χ4v) is 3.16. The minimum Gasteiger partial charge on any atom is -0.316 e. The van der Waals surface area contributed by atoms with E-state index in [0.29, 0.717) is 6.04 Å². The summed E-state index contributed by atoms with van der Waals surface area (Å²) in [6, 6.07) is 0.592. The molecular weight excluding hydrogens is 242 g/mol. The monoisotopic (exact) mass is 267 g/mol. The van der Waals surface area contributed by atoms with Gasteiger partial charge in [0, 0.05) is 24.5 Å². The number of aryl methyl sites for hydroxylation is 1. The highest BCUT2D eigenvalue weighted by atomic mass is 32.1. The second kappa shape index (κ2) is 6.64. The van der Waals surface area contributed by atoms with E-state index in [1.165, 1.54) is 43.2 Å². The van der Waals surface area contributed by atoms with Crippen LogP contribution < -0.4 is 5.32 Å². The van der Waals surface area contributed by atoms with E-state index in [0.717, 1.165) is 12.5 Å². The predicted octanol–water partition coefficient (Wildman–Crippen LogP) is 2.66. The fourth-order valence-electron chi connectivity index (χ4n) is 2.56. The maximum atomic E-state index is 4.59. The predicted molar refractivity (Wildman–Crippen MR) is 78.0 cm³/mol. The standard InChI is InChI=1S/C14H25N3S/c1-11(2)17(8-13-5-4-6-15-7-13)9-14-10-18-12(3)16-14/h10-11,13,15H,4-9H2,1-3H3. The van der Waals surface area contributed by atoms with Gasteiger partial charge < -0.3 is 5.32 Å². The second-order valence-electron chi connectivity index (χ2n) is 5.59. The molecule has 1 fully saturated rings. The summed E-state index contributed by atoms with van der Waals surface area (Å²) in [5.74, 6) is 0.806. The molecule has 1 aromatic rings. The Morgan fingerprint density at radius 3 is 2.94 bits per heavy atom. The van der Waals surface area contributed by atoms with E-state index in [1.807, 2.05) is 0 Å². The summed E-state index contributed by atoms with van der Waals surface area (Å²) < 4.78 is 0. The van der Waals surface area contributed by atoms with E-state index < -0.39 is 0 Å². The van der Waals surface area contributed by atoms with Gasteiger partial charge in [-0.05, 0) is 52.6 Å². The van der Waals surface area contributed by atoms with Crippen LogP contribution in [0.4, 0.5) is 0 Å². The van der Waals surface area contributed by atoms with Gasteiger partial charge in [-0.2, -0.15) is 0 Å². The number of piperidine rings is 1. The number of hydrogen-bond donors (Lipinski definition) is 1. The molecule has 0 bridgehead atoms. The van der Waals surface area contributed by atoms with Gasteiger partial charge in [0.1, 0.15) is 0 Å². The molecule has 4 heteroatoms. The quantitative estimate of drug-likeness (QED) is 0.889. The smallest absolute Gasteiger partial charge is 0.0897 e. The number of rotatable bonds is 5. The molecule has 2 rings (SSSR count). The summed E-state index contributed by atoms with van der Waals surface area (Å²) >= 11 is 1.75. The fraction of sp³-hybridized carbons (Fsp3) is 0.786.